The standard InChI is InChI=1S/3C6H10O8.2Fe/c3*7-1(3(9)5(11)12)2(8)4(10)6(13)14;;/h3*1-4,7-10H,(H,11,12)(H,13,14);;/q;;;2*+3/p-6. The third-order valence-electron chi connectivity index (χ3n) is 4.44. The summed E-state index contributed by atoms with van der Waals surface area (Å²) >= 11 is 0. The molecule has 12 unspecified atom stereocenters. The number of hydrogen-bond donors (Lipinski definition) is 12. The average molecular weight is 736 g/mol. The average Bonchev–Trinajstić information content (AvgIpc) is 2.92. The molecule has 0 heterocycles. The first kappa shape index (κ1) is 51.0. The van der Waals surface area contributed by atoms with Crippen molar-refractivity contribution in [3.8, 4) is 0 Å². The quantitative estimate of drug-likeness (QED) is 0.0694. The van der Waals surface area contributed by atoms with Crippen molar-refractivity contribution in [3.05, 3.63) is 0 Å². The first-order chi connectivity index (χ1) is 18.9. The van der Waals surface area contributed by atoms with Crippen molar-refractivity contribution in [2.45, 2.75) is 73.2 Å². The number of rotatable bonds is 15. The summed E-state index contributed by atoms with van der Waals surface area (Å²) in [7, 11) is 0. The van der Waals surface area contributed by atoms with Crippen LogP contribution >= 0.6 is 0 Å². The predicted octanol–water partition coefficient (Wildman–Crippen LogP) is -18.2. The molecule has 0 bridgehead atoms. The van der Waals surface area contributed by atoms with Gasteiger partial charge >= 0.3 is 34.1 Å². The molecule has 0 fully saturated rings. The van der Waals surface area contributed by atoms with Crippen LogP contribution in [0.2, 0.25) is 0 Å². The Hall–Kier alpha value is -2.62. The van der Waals surface area contributed by atoms with Gasteiger partial charge in [-0.15, -0.1) is 0 Å². The van der Waals surface area contributed by atoms with Crippen LogP contribution in [0.5, 0.6) is 0 Å². The van der Waals surface area contributed by atoms with Crippen LogP contribution in [0.1, 0.15) is 0 Å². The Balaban J connectivity index is -0.000000169. The largest absolute Gasteiger partial charge is 3.00 e. The van der Waals surface area contributed by atoms with E-state index in [2.05, 4.69) is 0 Å². The minimum atomic E-state index is -2.50. The minimum absolute atomic E-state index is 0. The van der Waals surface area contributed by atoms with Crippen LogP contribution < -0.4 is 30.6 Å². The number of aliphatic carboxylic acids is 6. The summed E-state index contributed by atoms with van der Waals surface area (Å²) in [5.41, 5.74) is 0. The maximum Gasteiger partial charge on any atom is 3.00 e. The van der Waals surface area contributed by atoms with Gasteiger partial charge in [0, 0.05) is 0 Å². The number of aliphatic hydroxyl groups is 12. The van der Waals surface area contributed by atoms with Crippen molar-refractivity contribution in [2.75, 3.05) is 0 Å². The summed E-state index contributed by atoms with van der Waals surface area (Å²) < 4.78 is 0. The molecular formula is C18H24Fe2O24. The summed E-state index contributed by atoms with van der Waals surface area (Å²) in [5, 5.41) is 164. The first-order valence-electron chi connectivity index (χ1n) is 10.3. The van der Waals surface area contributed by atoms with Crippen LogP contribution in [0, 0.1) is 0 Å². The molecule has 0 aromatic rings. The number of carboxylic acid groups (broad SMARTS) is 6. The molecule has 0 aromatic carbocycles. The van der Waals surface area contributed by atoms with Gasteiger partial charge in [0.2, 0.25) is 0 Å². The smallest absolute Gasteiger partial charge is 0.547 e. The topological polar surface area (TPSA) is 484 Å². The molecule has 0 spiro atoms. The second-order valence-electron chi connectivity index (χ2n) is 7.53. The van der Waals surface area contributed by atoms with Gasteiger partial charge < -0.3 is 121 Å². The van der Waals surface area contributed by atoms with E-state index >= 15 is 0 Å². The molecule has 0 aromatic heterocycles. The van der Waals surface area contributed by atoms with Gasteiger partial charge in [-0.25, -0.2) is 0 Å². The predicted molar refractivity (Wildman–Crippen MR) is 102 cm³/mol. The number of aliphatic hydroxyl groups excluding tert-OH is 12. The van der Waals surface area contributed by atoms with Gasteiger partial charge in [-0.1, -0.05) is 0 Å². The Labute approximate surface area is 263 Å². The SMILES string of the molecule is O=C([O-])C(O)C(O)C(O)C(O)C(=O)[O-].O=C([O-])C(O)C(O)C(O)C(O)C(=O)[O-].O=C([O-])C(O)C(O)C(O)C(O)C(=O)[O-].[Fe+3].[Fe+3]. The fourth-order valence-electron chi connectivity index (χ4n) is 1.96. The maximum atomic E-state index is 9.96. The van der Waals surface area contributed by atoms with Gasteiger partial charge in [0.15, 0.2) is 0 Å². The van der Waals surface area contributed by atoms with E-state index in [0.29, 0.717) is 0 Å². The molecule has 26 heteroatoms. The zero-order valence-electron chi connectivity index (χ0n) is 20.9. The molecule has 44 heavy (non-hydrogen) atoms. The summed E-state index contributed by atoms with van der Waals surface area (Å²) in [6.07, 6.45) is -29.3. The molecule has 12 N–H and O–H groups in total. The Bertz CT molecular complexity index is 731. The Morgan fingerprint density at radius 2 is 0.341 bits per heavy atom. The van der Waals surface area contributed by atoms with Gasteiger partial charge in [-0.3, -0.25) is 0 Å². The monoisotopic (exact) mass is 736 g/mol. The molecule has 12 atom stereocenters. The van der Waals surface area contributed by atoms with E-state index in [4.69, 9.17) is 61.3 Å². The maximum absolute atomic E-state index is 9.96. The fraction of sp³-hybridized carbons (Fsp3) is 0.667. The minimum Gasteiger partial charge on any atom is -0.547 e. The van der Waals surface area contributed by atoms with Crippen molar-refractivity contribution in [2.24, 2.45) is 0 Å². The van der Waals surface area contributed by atoms with E-state index in [0.717, 1.165) is 0 Å². The Morgan fingerprint density at radius 1 is 0.273 bits per heavy atom. The van der Waals surface area contributed by atoms with Crippen LogP contribution in [0.3, 0.4) is 0 Å². The molecule has 24 nitrogen and oxygen atoms in total. The Kier molecular flexibility index (Phi) is 27.5. The van der Waals surface area contributed by atoms with E-state index in [-0.39, 0.29) is 34.1 Å². The summed E-state index contributed by atoms with van der Waals surface area (Å²) in [4.78, 5) is 59.8. The first-order valence-corrected chi connectivity index (χ1v) is 10.3. The summed E-state index contributed by atoms with van der Waals surface area (Å²) in [6, 6.07) is 0. The molecule has 0 aliphatic heterocycles. The van der Waals surface area contributed by atoms with Crippen molar-refractivity contribution >= 4 is 35.8 Å². The normalized spacial score (nSPS) is 18.5. The van der Waals surface area contributed by atoms with Crippen LogP contribution in [-0.4, -0.2) is 170 Å². The van der Waals surface area contributed by atoms with E-state index in [9.17, 15) is 59.4 Å². The van der Waals surface area contributed by atoms with Gasteiger partial charge in [0.1, 0.15) is 73.2 Å². The molecule has 0 saturated carbocycles. The van der Waals surface area contributed by atoms with E-state index < -0.39 is 109 Å². The van der Waals surface area contributed by atoms with Gasteiger partial charge in [0.05, 0.1) is 35.8 Å². The molecule has 0 aliphatic carbocycles. The Morgan fingerprint density at radius 3 is 0.386 bits per heavy atom. The second-order valence-corrected chi connectivity index (χ2v) is 7.53. The number of carbonyl (C=O) groups is 6. The molecule has 0 amide bonds. The molecule has 0 rings (SSSR count). The summed E-state index contributed by atoms with van der Waals surface area (Å²) in [6.45, 7) is 0. The van der Waals surface area contributed by atoms with Crippen molar-refractivity contribution < 1.29 is 155 Å². The van der Waals surface area contributed by atoms with Gasteiger partial charge in [-0.05, 0) is 0 Å². The molecule has 2 radical (unpaired) electrons. The fourth-order valence-corrected chi connectivity index (χ4v) is 1.96. The van der Waals surface area contributed by atoms with E-state index in [1.807, 2.05) is 0 Å². The van der Waals surface area contributed by atoms with Crippen LogP contribution in [0.4, 0.5) is 0 Å². The van der Waals surface area contributed by atoms with Crippen LogP contribution in [0.25, 0.3) is 0 Å². The zero-order valence-corrected chi connectivity index (χ0v) is 23.1. The molecule has 0 aliphatic rings. The number of carboxylic acids is 6. The molecular weight excluding hydrogens is 712 g/mol. The van der Waals surface area contributed by atoms with E-state index in [1.165, 1.54) is 0 Å². The second kappa shape index (κ2) is 23.7. The van der Waals surface area contributed by atoms with Crippen molar-refractivity contribution in [3.63, 3.8) is 0 Å². The van der Waals surface area contributed by atoms with Gasteiger partial charge in [0.25, 0.3) is 0 Å². The molecule has 256 valence electrons. The molecule has 0 saturated heterocycles. The summed E-state index contributed by atoms with van der Waals surface area (Å²) in [5.74, 6) is -12.7. The zero-order chi connectivity index (χ0) is 34.4. The van der Waals surface area contributed by atoms with E-state index in [1.54, 1.807) is 0 Å². The van der Waals surface area contributed by atoms with Crippen molar-refractivity contribution in [1.82, 2.24) is 0 Å². The number of carbonyl (C=O) groups excluding carboxylic acids is 6. The third kappa shape index (κ3) is 17.6. The number of hydrogen-bond acceptors (Lipinski definition) is 24. The van der Waals surface area contributed by atoms with Crippen molar-refractivity contribution in [1.29, 1.82) is 0 Å². The van der Waals surface area contributed by atoms with Crippen LogP contribution in [-0.2, 0) is 62.9 Å². The van der Waals surface area contributed by atoms with Gasteiger partial charge in [-0.2, -0.15) is 0 Å². The third-order valence-corrected chi connectivity index (χ3v) is 4.44. The van der Waals surface area contributed by atoms with Crippen LogP contribution in [0.15, 0.2) is 0 Å².